The Kier molecular flexibility index (Phi) is 7.26. The third-order valence-corrected chi connectivity index (χ3v) is 2.79. The summed E-state index contributed by atoms with van der Waals surface area (Å²) in [6, 6.07) is 0. The summed E-state index contributed by atoms with van der Waals surface area (Å²) >= 11 is 0. The summed E-state index contributed by atoms with van der Waals surface area (Å²) in [5.74, 6) is 2.87. The van der Waals surface area contributed by atoms with E-state index in [1.165, 1.54) is 19.3 Å². The highest BCUT2D eigenvalue weighted by molar-refractivity contribution is 4.64. The molecule has 1 N–H and O–H groups in total. The Morgan fingerprint density at radius 3 is 1.57 bits per heavy atom. The van der Waals surface area contributed by atoms with Gasteiger partial charge in [0, 0.05) is 6.61 Å². The van der Waals surface area contributed by atoms with Crippen LogP contribution in [0, 0.1) is 23.7 Å². The van der Waals surface area contributed by atoms with Gasteiger partial charge in [-0.3, -0.25) is 0 Å². The number of hydrogen-bond acceptors (Lipinski definition) is 1. The van der Waals surface area contributed by atoms with E-state index in [1.807, 2.05) is 0 Å². The molecule has 3 atom stereocenters. The third-order valence-electron chi connectivity index (χ3n) is 2.79. The van der Waals surface area contributed by atoms with Gasteiger partial charge in [0.15, 0.2) is 0 Å². The smallest absolute Gasteiger partial charge is 0.0456 e. The molecule has 0 aliphatic heterocycles. The Labute approximate surface area is 89.9 Å². The van der Waals surface area contributed by atoms with Gasteiger partial charge in [-0.05, 0) is 42.9 Å². The number of rotatable bonds is 7. The van der Waals surface area contributed by atoms with E-state index in [1.54, 1.807) is 0 Å². The van der Waals surface area contributed by atoms with Gasteiger partial charge in [0.05, 0.1) is 0 Å². The summed E-state index contributed by atoms with van der Waals surface area (Å²) in [5, 5.41) is 8.96. The van der Waals surface area contributed by atoms with Crippen molar-refractivity contribution in [3.63, 3.8) is 0 Å². The molecule has 0 aliphatic carbocycles. The Morgan fingerprint density at radius 2 is 1.14 bits per heavy atom. The van der Waals surface area contributed by atoms with Crippen LogP contribution in [0.15, 0.2) is 0 Å². The maximum Gasteiger partial charge on any atom is 0.0456 e. The highest BCUT2D eigenvalue weighted by Gasteiger charge is 2.12. The zero-order chi connectivity index (χ0) is 11.1. The minimum atomic E-state index is 0.336. The van der Waals surface area contributed by atoms with Crippen LogP contribution in [0.25, 0.3) is 0 Å². The Morgan fingerprint density at radius 1 is 0.714 bits per heavy atom. The van der Waals surface area contributed by atoms with Crippen LogP contribution in [0.4, 0.5) is 0 Å². The highest BCUT2D eigenvalue weighted by atomic mass is 16.3. The summed E-state index contributed by atoms with van der Waals surface area (Å²) in [5.41, 5.74) is 0. The molecule has 1 nitrogen and oxygen atoms in total. The van der Waals surface area contributed by atoms with E-state index in [0.29, 0.717) is 12.5 Å². The largest absolute Gasteiger partial charge is 0.396 e. The lowest BCUT2D eigenvalue weighted by molar-refractivity contribution is 0.205. The monoisotopic (exact) mass is 200 g/mol. The fourth-order valence-corrected chi connectivity index (χ4v) is 2.45. The lowest BCUT2D eigenvalue weighted by Crippen LogP contribution is -2.11. The van der Waals surface area contributed by atoms with Crippen molar-refractivity contribution in [1.29, 1.82) is 0 Å². The number of hydrogen-bond donors (Lipinski definition) is 1. The molecule has 0 aliphatic rings. The summed E-state index contributed by atoms with van der Waals surface area (Å²) in [6.45, 7) is 11.7. The topological polar surface area (TPSA) is 20.2 Å². The molecule has 0 rings (SSSR count). The molecule has 0 aromatic carbocycles. The molecule has 0 amide bonds. The van der Waals surface area contributed by atoms with Crippen molar-refractivity contribution < 1.29 is 5.11 Å². The van der Waals surface area contributed by atoms with Crippen LogP contribution in [0.2, 0.25) is 0 Å². The van der Waals surface area contributed by atoms with Gasteiger partial charge in [0.2, 0.25) is 0 Å². The second-order valence-electron chi connectivity index (χ2n) is 5.60. The molecule has 14 heavy (non-hydrogen) atoms. The second kappa shape index (κ2) is 7.28. The fourth-order valence-electron chi connectivity index (χ4n) is 2.45. The minimum Gasteiger partial charge on any atom is -0.396 e. The highest BCUT2D eigenvalue weighted by Crippen LogP contribution is 2.23. The van der Waals surface area contributed by atoms with Crippen LogP contribution in [-0.2, 0) is 0 Å². The van der Waals surface area contributed by atoms with Crippen LogP contribution in [0.5, 0.6) is 0 Å². The van der Waals surface area contributed by atoms with Crippen molar-refractivity contribution in [2.24, 2.45) is 23.7 Å². The molecule has 0 saturated heterocycles. The summed E-state index contributed by atoms with van der Waals surface area (Å²) < 4.78 is 0. The van der Waals surface area contributed by atoms with Crippen molar-refractivity contribution in [2.75, 3.05) is 6.61 Å². The van der Waals surface area contributed by atoms with E-state index in [2.05, 4.69) is 34.6 Å². The summed E-state index contributed by atoms with van der Waals surface area (Å²) in [4.78, 5) is 0. The molecular formula is C13H28O. The van der Waals surface area contributed by atoms with Gasteiger partial charge < -0.3 is 5.11 Å². The fraction of sp³-hybridized carbons (Fsp3) is 1.00. The number of aliphatic hydroxyl groups excluding tert-OH is 1. The molecule has 0 saturated carbocycles. The quantitative estimate of drug-likeness (QED) is 0.664. The van der Waals surface area contributed by atoms with Crippen LogP contribution in [0.3, 0.4) is 0 Å². The summed E-state index contributed by atoms with van der Waals surface area (Å²) in [7, 11) is 0. The Balaban J connectivity index is 3.65. The van der Waals surface area contributed by atoms with Gasteiger partial charge in [-0.1, -0.05) is 34.6 Å². The van der Waals surface area contributed by atoms with Crippen LogP contribution >= 0.6 is 0 Å². The van der Waals surface area contributed by atoms with Gasteiger partial charge in [0.25, 0.3) is 0 Å². The number of aliphatic hydroxyl groups is 1. The normalized spacial score (nSPS) is 18.2. The van der Waals surface area contributed by atoms with E-state index >= 15 is 0 Å². The molecular weight excluding hydrogens is 172 g/mol. The van der Waals surface area contributed by atoms with Crippen molar-refractivity contribution in [2.45, 2.75) is 53.9 Å². The average molecular weight is 200 g/mol. The van der Waals surface area contributed by atoms with Crippen molar-refractivity contribution in [3.8, 4) is 0 Å². The lowest BCUT2D eigenvalue weighted by atomic mass is 9.86. The van der Waals surface area contributed by atoms with Gasteiger partial charge in [-0.2, -0.15) is 0 Å². The standard InChI is InChI=1S/C13H28O/c1-10(2)6-11(3)7-12(4)8-13(5)9-14/h10-14H,6-9H2,1-5H3/t11-,12-,13-/m0/s1. The van der Waals surface area contributed by atoms with E-state index in [4.69, 9.17) is 5.11 Å². The molecule has 0 spiro atoms. The minimum absolute atomic E-state index is 0.336. The molecule has 0 heterocycles. The predicted octanol–water partition coefficient (Wildman–Crippen LogP) is 3.71. The van der Waals surface area contributed by atoms with E-state index in [9.17, 15) is 0 Å². The van der Waals surface area contributed by atoms with Crippen LogP contribution < -0.4 is 0 Å². The SMILES string of the molecule is CC(C)C[C@H](C)C[C@H](C)C[C@H](C)CO. The molecule has 0 aromatic rings. The van der Waals surface area contributed by atoms with E-state index in [-0.39, 0.29) is 0 Å². The van der Waals surface area contributed by atoms with Gasteiger partial charge in [-0.25, -0.2) is 0 Å². The van der Waals surface area contributed by atoms with E-state index in [0.717, 1.165) is 17.8 Å². The maximum atomic E-state index is 8.96. The Bertz CT molecular complexity index is 131. The summed E-state index contributed by atoms with van der Waals surface area (Å²) in [6.07, 6.45) is 3.80. The molecule has 86 valence electrons. The van der Waals surface area contributed by atoms with Gasteiger partial charge >= 0.3 is 0 Å². The molecule has 0 radical (unpaired) electrons. The first-order valence-corrected chi connectivity index (χ1v) is 6.06. The molecule has 1 heteroatoms. The van der Waals surface area contributed by atoms with Crippen molar-refractivity contribution in [1.82, 2.24) is 0 Å². The molecule has 0 bridgehead atoms. The van der Waals surface area contributed by atoms with Crippen molar-refractivity contribution >= 4 is 0 Å². The van der Waals surface area contributed by atoms with Crippen LogP contribution in [-0.4, -0.2) is 11.7 Å². The van der Waals surface area contributed by atoms with E-state index < -0.39 is 0 Å². The molecule has 0 fully saturated rings. The van der Waals surface area contributed by atoms with Gasteiger partial charge in [-0.15, -0.1) is 0 Å². The third kappa shape index (κ3) is 7.37. The van der Waals surface area contributed by atoms with Crippen molar-refractivity contribution in [3.05, 3.63) is 0 Å². The first-order valence-electron chi connectivity index (χ1n) is 6.06. The predicted molar refractivity (Wildman–Crippen MR) is 63.3 cm³/mol. The zero-order valence-electron chi connectivity index (χ0n) is 10.6. The van der Waals surface area contributed by atoms with Gasteiger partial charge in [0.1, 0.15) is 0 Å². The first-order chi connectivity index (χ1) is 6.45. The molecule has 0 unspecified atom stereocenters. The zero-order valence-corrected chi connectivity index (χ0v) is 10.6. The first kappa shape index (κ1) is 14.0. The molecule has 0 aromatic heterocycles. The lowest BCUT2D eigenvalue weighted by Gasteiger charge is -2.20. The maximum absolute atomic E-state index is 8.96. The second-order valence-corrected chi connectivity index (χ2v) is 5.60. The Hall–Kier alpha value is -0.0400. The average Bonchev–Trinajstić information content (AvgIpc) is 2.01. The van der Waals surface area contributed by atoms with Crippen LogP contribution in [0.1, 0.15) is 53.9 Å².